The average molecular weight is 366 g/mol. The molecule has 0 atom stereocenters. The van der Waals surface area contributed by atoms with Crippen molar-refractivity contribution in [1.82, 2.24) is 9.97 Å². The van der Waals surface area contributed by atoms with Gasteiger partial charge in [-0.1, -0.05) is 60.3 Å². The van der Waals surface area contributed by atoms with Crippen molar-refractivity contribution < 1.29 is 13.6 Å². The summed E-state index contributed by atoms with van der Waals surface area (Å²) in [6.45, 7) is 0. The molecule has 4 rings (SSSR count). The largest absolute Gasteiger partial charge is 0.333 e. The Morgan fingerprint density at radius 2 is 1.62 bits per heavy atom. The number of benzene rings is 3. The van der Waals surface area contributed by atoms with Crippen molar-refractivity contribution in [3.63, 3.8) is 0 Å². The van der Waals surface area contributed by atoms with Crippen LogP contribution in [-0.2, 0) is 0 Å². The smallest absolute Gasteiger partial charge is 0.198 e. The van der Waals surface area contributed by atoms with E-state index in [0.717, 1.165) is 11.0 Å². The van der Waals surface area contributed by atoms with Gasteiger partial charge in [0.2, 0.25) is 0 Å². The van der Waals surface area contributed by atoms with Crippen molar-refractivity contribution in [2.45, 2.75) is 10.1 Å². The lowest BCUT2D eigenvalue weighted by Crippen LogP contribution is -2.07. The third-order valence-corrected chi connectivity index (χ3v) is 4.76. The zero-order chi connectivity index (χ0) is 18.1. The Kier molecular flexibility index (Phi) is 4.26. The number of ketones is 1. The minimum absolute atomic E-state index is 0.121. The summed E-state index contributed by atoms with van der Waals surface area (Å²) in [5.41, 5.74) is 0.318. The fraction of sp³-hybridized carbons (Fsp3) is 0. The number of fused-ring (bicyclic) bond motifs is 1. The molecule has 0 radical (unpaired) electrons. The molecule has 128 valence electrons. The van der Waals surface area contributed by atoms with Crippen molar-refractivity contribution in [2.24, 2.45) is 0 Å². The predicted octanol–water partition coefficient (Wildman–Crippen LogP) is 5.22. The van der Waals surface area contributed by atoms with E-state index in [-0.39, 0.29) is 22.2 Å². The second-order valence-corrected chi connectivity index (χ2v) is 6.66. The molecule has 1 heterocycles. The first-order valence-corrected chi connectivity index (χ1v) is 8.65. The van der Waals surface area contributed by atoms with E-state index in [1.807, 2.05) is 30.3 Å². The number of hydrogen-bond donors (Lipinski definition) is 1. The first kappa shape index (κ1) is 16.5. The van der Waals surface area contributed by atoms with Gasteiger partial charge in [-0.2, -0.15) is 0 Å². The molecule has 4 aromatic rings. The Labute approximate surface area is 152 Å². The summed E-state index contributed by atoms with van der Waals surface area (Å²) in [5, 5.41) is 0.457. The normalized spacial score (nSPS) is 11.0. The fourth-order valence-electron chi connectivity index (χ4n) is 2.66. The zero-order valence-corrected chi connectivity index (χ0v) is 14.2. The van der Waals surface area contributed by atoms with Gasteiger partial charge in [-0.15, -0.1) is 0 Å². The van der Waals surface area contributed by atoms with Crippen LogP contribution in [0.25, 0.3) is 11.0 Å². The maximum atomic E-state index is 14.4. The van der Waals surface area contributed by atoms with E-state index in [1.165, 1.54) is 11.8 Å². The van der Waals surface area contributed by atoms with Crippen molar-refractivity contribution >= 4 is 28.6 Å². The molecule has 0 aliphatic heterocycles. The van der Waals surface area contributed by atoms with E-state index in [0.29, 0.717) is 5.16 Å². The number of carbonyl (C=O) groups excluding carboxylic acids is 1. The van der Waals surface area contributed by atoms with E-state index in [2.05, 4.69) is 9.97 Å². The molecular weight excluding hydrogens is 354 g/mol. The van der Waals surface area contributed by atoms with Gasteiger partial charge in [-0.25, -0.2) is 13.8 Å². The maximum Gasteiger partial charge on any atom is 0.198 e. The molecule has 3 nitrogen and oxygen atoms in total. The molecule has 0 saturated carbocycles. The monoisotopic (exact) mass is 366 g/mol. The van der Waals surface area contributed by atoms with Crippen LogP contribution in [0.2, 0.25) is 0 Å². The first-order valence-electron chi connectivity index (χ1n) is 7.84. The van der Waals surface area contributed by atoms with E-state index in [9.17, 15) is 13.6 Å². The van der Waals surface area contributed by atoms with Crippen LogP contribution in [0.1, 0.15) is 15.9 Å². The lowest BCUT2D eigenvalue weighted by molar-refractivity contribution is 0.103. The molecule has 0 fully saturated rings. The molecule has 3 aromatic carbocycles. The molecule has 0 bridgehead atoms. The standard InChI is InChI=1S/C20H12F2N2OS/c21-14-11-15-18(24-20(23-15)26-13-9-5-2-6-10-13)16(17(14)22)19(25)12-7-3-1-4-8-12/h1-11H,(H,23,24). The highest BCUT2D eigenvalue weighted by atomic mass is 32.2. The molecule has 0 aliphatic rings. The summed E-state index contributed by atoms with van der Waals surface area (Å²) < 4.78 is 28.5. The van der Waals surface area contributed by atoms with Gasteiger partial charge >= 0.3 is 0 Å². The molecule has 0 aliphatic carbocycles. The molecule has 1 N–H and O–H groups in total. The number of nitrogens with zero attached hydrogens (tertiary/aromatic N) is 1. The summed E-state index contributed by atoms with van der Waals surface area (Å²) in [6.07, 6.45) is 0. The Morgan fingerprint density at radius 3 is 2.31 bits per heavy atom. The number of hydrogen-bond acceptors (Lipinski definition) is 3. The molecule has 26 heavy (non-hydrogen) atoms. The van der Waals surface area contributed by atoms with Gasteiger partial charge in [0, 0.05) is 16.5 Å². The quantitative estimate of drug-likeness (QED) is 0.504. The Balaban J connectivity index is 1.84. The van der Waals surface area contributed by atoms with Crippen LogP contribution in [0.15, 0.2) is 76.8 Å². The Morgan fingerprint density at radius 1 is 0.962 bits per heavy atom. The number of H-pyrrole nitrogens is 1. The van der Waals surface area contributed by atoms with Crippen LogP contribution in [0.4, 0.5) is 8.78 Å². The topological polar surface area (TPSA) is 45.8 Å². The second kappa shape index (κ2) is 6.72. The van der Waals surface area contributed by atoms with E-state index in [1.54, 1.807) is 30.3 Å². The first-order chi connectivity index (χ1) is 12.6. The highest BCUT2D eigenvalue weighted by molar-refractivity contribution is 7.99. The highest BCUT2D eigenvalue weighted by Crippen LogP contribution is 2.30. The van der Waals surface area contributed by atoms with Gasteiger partial charge in [0.15, 0.2) is 22.6 Å². The molecule has 0 unspecified atom stereocenters. The lowest BCUT2D eigenvalue weighted by Gasteiger charge is -2.04. The van der Waals surface area contributed by atoms with Crippen molar-refractivity contribution in [3.8, 4) is 0 Å². The molecule has 6 heteroatoms. The van der Waals surface area contributed by atoms with Gasteiger partial charge in [-0.05, 0) is 12.1 Å². The number of aromatic amines is 1. The summed E-state index contributed by atoms with van der Waals surface area (Å²) in [7, 11) is 0. The van der Waals surface area contributed by atoms with Crippen LogP contribution in [0.5, 0.6) is 0 Å². The number of imidazole rings is 1. The summed E-state index contributed by atoms with van der Waals surface area (Å²) in [6, 6.07) is 18.7. The zero-order valence-electron chi connectivity index (χ0n) is 13.4. The minimum atomic E-state index is -1.19. The highest BCUT2D eigenvalue weighted by Gasteiger charge is 2.24. The summed E-state index contributed by atoms with van der Waals surface area (Å²) >= 11 is 1.32. The van der Waals surface area contributed by atoms with Crippen LogP contribution in [0.3, 0.4) is 0 Å². The van der Waals surface area contributed by atoms with Crippen molar-refractivity contribution in [1.29, 1.82) is 0 Å². The molecule has 0 saturated heterocycles. The second-order valence-electron chi connectivity index (χ2n) is 5.60. The van der Waals surface area contributed by atoms with E-state index < -0.39 is 17.4 Å². The van der Waals surface area contributed by atoms with Crippen LogP contribution in [-0.4, -0.2) is 15.8 Å². The number of aromatic nitrogens is 2. The summed E-state index contributed by atoms with van der Waals surface area (Å²) in [4.78, 5) is 20.9. The van der Waals surface area contributed by atoms with Crippen LogP contribution < -0.4 is 0 Å². The molecule has 0 amide bonds. The lowest BCUT2D eigenvalue weighted by atomic mass is 10.0. The average Bonchev–Trinajstić information content (AvgIpc) is 3.05. The van der Waals surface area contributed by atoms with Gasteiger partial charge in [0.1, 0.15) is 5.52 Å². The molecule has 0 spiro atoms. The van der Waals surface area contributed by atoms with Crippen molar-refractivity contribution in [2.75, 3.05) is 0 Å². The number of halogens is 2. The fourth-order valence-corrected chi connectivity index (χ4v) is 3.48. The van der Waals surface area contributed by atoms with Crippen molar-refractivity contribution in [3.05, 3.63) is 89.5 Å². The molecule has 1 aromatic heterocycles. The van der Waals surface area contributed by atoms with E-state index >= 15 is 0 Å². The van der Waals surface area contributed by atoms with Gasteiger partial charge < -0.3 is 4.98 Å². The maximum absolute atomic E-state index is 14.4. The van der Waals surface area contributed by atoms with Crippen LogP contribution >= 0.6 is 11.8 Å². The number of nitrogens with one attached hydrogen (secondary N) is 1. The van der Waals surface area contributed by atoms with Gasteiger partial charge in [0.05, 0.1) is 11.1 Å². The Hall–Kier alpha value is -2.99. The number of carbonyl (C=O) groups is 1. The third-order valence-electron chi connectivity index (χ3n) is 3.87. The SMILES string of the molecule is O=C(c1ccccc1)c1c(F)c(F)cc2[nH]c(Sc3ccccc3)nc12. The van der Waals surface area contributed by atoms with Crippen LogP contribution in [0, 0.1) is 11.6 Å². The van der Waals surface area contributed by atoms with Gasteiger partial charge in [-0.3, -0.25) is 4.79 Å². The molecular formula is C20H12F2N2OS. The minimum Gasteiger partial charge on any atom is -0.333 e. The third kappa shape index (κ3) is 2.99. The Bertz CT molecular complexity index is 1100. The van der Waals surface area contributed by atoms with Gasteiger partial charge in [0.25, 0.3) is 0 Å². The van der Waals surface area contributed by atoms with E-state index in [4.69, 9.17) is 0 Å². The summed E-state index contributed by atoms with van der Waals surface area (Å²) in [5.74, 6) is -2.87. The number of rotatable bonds is 4. The predicted molar refractivity (Wildman–Crippen MR) is 96.4 cm³/mol.